The molecule has 2 aromatic carbocycles. The molecule has 1 saturated heterocycles. The highest BCUT2D eigenvalue weighted by molar-refractivity contribution is 7.10. The van der Waals surface area contributed by atoms with Gasteiger partial charge in [-0.2, -0.15) is 5.10 Å². The fourth-order valence-corrected chi connectivity index (χ4v) is 5.66. The van der Waals surface area contributed by atoms with Gasteiger partial charge < -0.3 is 15.0 Å². The van der Waals surface area contributed by atoms with Crippen molar-refractivity contribution in [1.29, 1.82) is 0 Å². The number of aromatic amines is 1. The summed E-state index contributed by atoms with van der Waals surface area (Å²) >= 11 is 7.59. The highest BCUT2D eigenvalue weighted by Crippen LogP contribution is 2.33. The summed E-state index contributed by atoms with van der Waals surface area (Å²) in [6.45, 7) is 4.55. The maximum Gasteiger partial charge on any atom is 0.276 e. The number of ether oxygens (including phenoxy) is 1. The fourth-order valence-electron chi connectivity index (χ4n) is 4.52. The lowest BCUT2D eigenvalue weighted by molar-refractivity contribution is -0.384. The number of amides is 2. The number of aromatic nitrogens is 3. The van der Waals surface area contributed by atoms with Crippen LogP contribution in [0.5, 0.6) is 5.75 Å². The third-order valence-electron chi connectivity index (χ3n) is 6.59. The van der Waals surface area contributed by atoms with E-state index in [1.807, 2.05) is 0 Å². The number of likely N-dealkylation sites (tertiary alicyclic amines) is 1. The normalized spacial score (nSPS) is 14.4. The van der Waals surface area contributed by atoms with Crippen LogP contribution in [0.1, 0.15) is 48.1 Å². The molecule has 11 nitrogen and oxygen atoms in total. The number of nitro groups is 1. The first-order valence-electron chi connectivity index (χ1n) is 12.2. The first kappa shape index (κ1) is 26.6. The van der Waals surface area contributed by atoms with Crippen LogP contribution in [0.2, 0.25) is 5.02 Å². The first-order valence-corrected chi connectivity index (χ1v) is 13.5. The van der Waals surface area contributed by atoms with E-state index in [1.54, 1.807) is 48.4 Å². The number of thiazole rings is 1. The Kier molecular flexibility index (Phi) is 7.23. The molecule has 3 heterocycles. The quantitative estimate of drug-likeness (QED) is 0.224. The summed E-state index contributed by atoms with van der Waals surface area (Å²) in [6.07, 6.45) is 1.41. The number of H-pyrrole nitrogens is 1. The molecule has 2 aromatic heterocycles. The van der Waals surface area contributed by atoms with Crippen molar-refractivity contribution in [2.75, 3.05) is 18.4 Å². The van der Waals surface area contributed by atoms with Gasteiger partial charge in [-0.05, 0) is 44.9 Å². The van der Waals surface area contributed by atoms with Gasteiger partial charge >= 0.3 is 0 Å². The Balaban J connectivity index is 1.20. The van der Waals surface area contributed by atoms with E-state index in [2.05, 4.69) is 20.5 Å². The highest BCUT2D eigenvalue weighted by Gasteiger charge is 2.37. The molecule has 0 bridgehead atoms. The minimum Gasteiger partial charge on any atom is -0.476 e. The van der Waals surface area contributed by atoms with Crippen LogP contribution in [0.15, 0.2) is 47.8 Å². The summed E-state index contributed by atoms with van der Waals surface area (Å²) in [7, 11) is 0. The van der Waals surface area contributed by atoms with Gasteiger partial charge in [-0.3, -0.25) is 24.8 Å². The first-order chi connectivity index (χ1) is 18.6. The van der Waals surface area contributed by atoms with Gasteiger partial charge in [0.2, 0.25) is 0 Å². The zero-order valence-corrected chi connectivity index (χ0v) is 22.7. The number of halogens is 1. The predicted molar refractivity (Wildman–Crippen MR) is 148 cm³/mol. The Morgan fingerprint density at radius 1 is 1.23 bits per heavy atom. The van der Waals surface area contributed by atoms with Gasteiger partial charge in [0.05, 0.1) is 25.9 Å². The number of fused-ring (bicyclic) bond motifs is 1. The molecule has 0 aliphatic carbocycles. The number of carbonyl (C=O) groups excluding carboxylic acids is 2. The molecule has 202 valence electrons. The van der Waals surface area contributed by atoms with Crippen molar-refractivity contribution < 1.29 is 19.2 Å². The number of hydrogen-bond acceptors (Lipinski definition) is 8. The average molecular weight is 569 g/mol. The third kappa shape index (κ3) is 5.57. The lowest BCUT2D eigenvalue weighted by Crippen LogP contribution is -2.51. The van der Waals surface area contributed by atoms with E-state index in [0.717, 1.165) is 5.01 Å². The zero-order chi connectivity index (χ0) is 27.7. The van der Waals surface area contributed by atoms with Crippen LogP contribution in [0.25, 0.3) is 10.9 Å². The summed E-state index contributed by atoms with van der Waals surface area (Å²) in [6, 6.07) is 11.3. The summed E-state index contributed by atoms with van der Waals surface area (Å²) in [5.74, 6) is 0.195. The smallest absolute Gasteiger partial charge is 0.276 e. The standard InChI is InChI=1S/C26H25ClN6O5S/c1-26(2,38-21-6-4-3-5-18(21)27)25(35)32-11-9-15(10-12-32)24-28-20(14-39-24)23(34)29-22-17-13-16(33(36)37)7-8-19(17)30-31-22/h3-8,13-15H,9-12H2,1-2H3,(H2,29,30,31,34). The van der Waals surface area contributed by atoms with Crippen molar-refractivity contribution in [3.63, 3.8) is 0 Å². The van der Waals surface area contributed by atoms with E-state index >= 15 is 0 Å². The van der Waals surface area contributed by atoms with E-state index in [-0.39, 0.29) is 29.0 Å². The lowest BCUT2D eigenvalue weighted by Gasteiger charge is -2.36. The number of para-hydroxylation sites is 1. The van der Waals surface area contributed by atoms with Crippen LogP contribution in [-0.4, -0.2) is 55.5 Å². The van der Waals surface area contributed by atoms with Gasteiger partial charge in [0.1, 0.15) is 11.4 Å². The molecule has 13 heteroatoms. The monoisotopic (exact) mass is 568 g/mol. The van der Waals surface area contributed by atoms with E-state index in [9.17, 15) is 19.7 Å². The Labute approximate surface area is 232 Å². The topological polar surface area (TPSA) is 143 Å². The molecule has 0 spiro atoms. The van der Waals surface area contributed by atoms with Crippen molar-refractivity contribution in [2.24, 2.45) is 0 Å². The second-order valence-electron chi connectivity index (χ2n) is 9.69. The Bertz CT molecular complexity index is 1560. The molecule has 2 amide bonds. The lowest BCUT2D eigenvalue weighted by atomic mass is 9.96. The second-order valence-corrected chi connectivity index (χ2v) is 11.0. The number of benzene rings is 2. The molecular weight excluding hydrogens is 544 g/mol. The number of nitrogens with one attached hydrogen (secondary N) is 2. The van der Waals surface area contributed by atoms with Crippen LogP contribution in [-0.2, 0) is 4.79 Å². The van der Waals surface area contributed by atoms with Crippen LogP contribution >= 0.6 is 22.9 Å². The number of piperidine rings is 1. The third-order valence-corrected chi connectivity index (χ3v) is 7.91. The van der Waals surface area contributed by atoms with E-state index in [1.165, 1.54) is 29.5 Å². The molecule has 4 aromatic rings. The van der Waals surface area contributed by atoms with Crippen molar-refractivity contribution in [3.05, 3.63) is 73.7 Å². The number of rotatable bonds is 7. The average Bonchev–Trinajstić information content (AvgIpc) is 3.57. The SMILES string of the molecule is CC(C)(Oc1ccccc1Cl)C(=O)N1CCC(c2nc(C(=O)Nc3n[nH]c4ccc([N+](=O)[O-])cc34)cs2)CC1. The van der Waals surface area contributed by atoms with Gasteiger partial charge in [-0.1, -0.05) is 23.7 Å². The molecule has 0 radical (unpaired) electrons. The number of anilines is 1. The Morgan fingerprint density at radius 3 is 2.69 bits per heavy atom. The largest absolute Gasteiger partial charge is 0.476 e. The molecule has 1 aliphatic heterocycles. The van der Waals surface area contributed by atoms with Gasteiger partial charge in [-0.15, -0.1) is 11.3 Å². The second kappa shape index (κ2) is 10.6. The zero-order valence-electron chi connectivity index (χ0n) is 21.1. The fraction of sp³-hybridized carbons (Fsp3) is 0.308. The molecule has 5 rings (SSSR count). The maximum atomic E-state index is 13.2. The number of nitrogens with zero attached hydrogens (tertiary/aromatic N) is 4. The molecule has 2 N–H and O–H groups in total. The molecular formula is C26H25ClN6O5S. The molecule has 0 atom stereocenters. The summed E-state index contributed by atoms with van der Waals surface area (Å²) in [5.41, 5.74) is -0.374. The number of non-ortho nitro benzene ring substituents is 1. The number of hydrogen-bond donors (Lipinski definition) is 2. The maximum absolute atomic E-state index is 13.2. The molecule has 0 unspecified atom stereocenters. The number of nitro benzene ring substituents is 1. The van der Waals surface area contributed by atoms with Gasteiger partial charge in [0, 0.05) is 36.5 Å². The van der Waals surface area contributed by atoms with Crippen molar-refractivity contribution in [3.8, 4) is 5.75 Å². The van der Waals surface area contributed by atoms with Gasteiger partial charge in [0.25, 0.3) is 17.5 Å². The van der Waals surface area contributed by atoms with Crippen LogP contribution in [0.4, 0.5) is 11.5 Å². The molecule has 1 aliphatic rings. The predicted octanol–water partition coefficient (Wildman–Crippen LogP) is 5.40. The molecule has 0 saturated carbocycles. The Morgan fingerprint density at radius 2 is 1.97 bits per heavy atom. The van der Waals surface area contributed by atoms with E-state index in [0.29, 0.717) is 47.6 Å². The minimum absolute atomic E-state index is 0.0982. The van der Waals surface area contributed by atoms with Crippen LogP contribution < -0.4 is 10.1 Å². The minimum atomic E-state index is -1.08. The van der Waals surface area contributed by atoms with E-state index in [4.69, 9.17) is 16.3 Å². The van der Waals surface area contributed by atoms with Crippen molar-refractivity contribution in [2.45, 2.75) is 38.2 Å². The van der Waals surface area contributed by atoms with Gasteiger partial charge in [-0.25, -0.2) is 4.98 Å². The molecule has 39 heavy (non-hydrogen) atoms. The van der Waals surface area contributed by atoms with Crippen molar-refractivity contribution >= 4 is 57.2 Å². The summed E-state index contributed by atoms with van der Waals surface area (Å²) < 4.78 is 5.96. The Hall–Kier alpha value is -4.03. The number of carbonyl (C=O) groups is 2. The highest BCUT2D eigenvalue weighted by atomic mass is 35.5. The summed E-state index contributed by atoms with van der Waals surface area (Å²) in [5, 5.41) is 24.0. The molecule has 1 fully saturated rings. The van der Waals surface area contributed by atoms with Gasteiger partial charge in [0.15, 0.2) is 11.4 Å². The summed E-state index contributed by atoms with van der Waals surface area (Å²) in [4.78, 5) is 43.0. The van der Waals surface area contributed by atoms with E-state index < -0.39 is 16.4 Å². The van der Waals surface area contributed by atoms with Crippen molar-refractivity contribution in [1.82, 2.24) is 20.1 Å². The van der Waals surface area contributed by atoms with Crippen LogP contribution in [0, 0.1) is 10.1 Å². The van der Waals surface area contributed by atoms with Crippen LogP contribution in [0.3, 0.4) is 0 Å².